The molecule has 2 N–H and O–H groups in total. The molecule has 1 aromatic carbocycles. The van der Waals surface area contributed by atoms with Gasteiger partial charge in [-0.3, -0.25) is 4.79 Å². The molecule has 0 saturated carbocycles. The number of thioether (sulfide) groups is 1. The highest BCUT2D eigenvalue weighted by molar-refractivity contribution is 8.00. The highest BCUT2D eigenvalue weighted by atomic mass is 32.2. The van der Waals surface area contributed by atoms with Crippen LogP contribution >= 0.6 is 11.8 Å². The van der Waals surface area contributed by atoms with Crippen molar-refractivity contribution in [2.75, 3.05) is 12.3 Å². The van der Waals surface area contributed by atoms with E-state index in [0.717, 1.165) is 18.6 Å². The summed E-state index contributed by atoms with van der Waals surface area (Å²) in [4.78, 5) is 11.8. The maximum Gasteiger partial charge on any atom is 0.232 e. The van der Waals surface area contributed by atoms with Gasteiger partial charge in [-0.1, -0.05) is 25.5 Å². The summed E-state index contributed by atoms with van der Waals surface area (Å²) in [6, 6.07) is 5.77. The van der Waals surface area contributed by atoms with Crippen LogP contribution in [0.4, 0.5) is 4.39 Å². The van der Waals surface area contributed by atoms with E-state index in [-0.39, 0.29) is 17.7 Å². The van der Waals surface area contributed by atoms with Gasteiger partial charge in [0.2, 0.25) is 5.91 Å². The van der Waals surface area contributed by atoms with Crippen molar-refractivity contribution in [3.05, 3.63) is 35.6 Å². The third-order valence-electron chi connectivity index (χ3n) is 2.94. The van der Waals surface area contributed by atoms with Crippen LogP contribution in [-0.4, -0.2) is 28.6 Å². The van der Waals surface area contributed by atoms with E-state index in [0.29, 0.717) is 5.56 Å². The van der Waals surface area contributed by atoms with Crippen molar-refractivity contribution in [1.29, 1.82) is 0 Å². The zero-order valence-electron chi connectivity index (χ0n) is 11.9. The van der Waals surface area contributed by atoms with E-state index >= 15 is 0 Å². The smallest absolute Gasteiger partial charge is 0.232 e. The van der Waals surface area contributed by atoms with E-state index in [1.165, 1.54) is 12.1 Å². The molecule has 20 heavy (non-hydrogen) atoms. The quantitative estimate of drug-likeness (QED) is 0.726. The van der Waals surface area contributed by atoms with Gasteiger partial charge in [-0.25, -0.2) is 4.39 Å². The first kappa shape index (κ1) is 17.0. The molecule has 1 rings (SSSR count). The third-order valence-corrected chi connectivity index (χ3v) is 4.18. The van der Waals surface area contributed by atoms with Crippen LogP contribution in [0.15, 0.2) is 24.3 Å². The lowest BCUT2D eigenvalue weighted by molar-refractivity contribution is -0.120. The van der Waals surface area contributed by atoms with Gasteiger partial charge in [-0.2, -0.15) is 0 Å². The van der Waals surface area contributed by atoms with E-state index in [1.54, 1.807) is 23.9 Å². The average molecular weight is 299 g/mol. The van der Waals surface area contributed by atoms with Gasteiger partial charge >= 0.3 is 0 Å². The van der Waals surface area contributed by atoms with Crippen LogP contribution in [0, 0.1) is 5.82 Å². The molecule has 2 atom stereocenters. The fourth-order valence-corrected chi connectivity index (χ4v) is 2.70. The molecular formula is C15H22FNO2S. The van der Waals surface area contributed by atoms with Crippen LogP contribution < -0.4 is 5.32 Å². The van der Waals surface area contributed by atoms with Crippen molar-refractivity contribution in [3.63, 3.8) is 0 Å². The fraction of sp³-hybridized carbons (Fsp3) is 0.533. The van der Waals surface area contributed by atoms with E-state index in [4.69, 9.17) is 0 Å². The van der Waals surface area contributed by atoms with Gasteiger partial charge in [0.15, 0.2) is 0 Å². The normalized spacial score (nSPS) is 13.8. The predicted molar refractivity (Wildman–Crippen MR) is 81.2 cm³/mol. The number of hydrogen-bond donors (Lipinski definition) is 2. The second kappa shape index (κ2) is 8.97. The molecule has 0 aliphatic heterocycles. The Morgan fingerprint density at radius 3 is 2.90 bits per heavy atom. The minimum absolute atomic E-state index is 0.0958. The molecule has 3 nitrogen and oxygen atoms in total. The molecule has 1 amide bonds. The number of halogens is 1. The Morgan fingerprint density at radius 1 is 1.50 bits per heavy atom. The molecule has 2 unspecified atom stereocenters. The standard InChI is InChI=1S/C15H22FNO2S/c1-3-4-8-20-11(2)15(19)17-10-14(18)12-6-5-7-13(16)9-12/h5-7,9,11,14,18H,3-4,8,10H2,1-2H3,(H,17,19). The van der Waals surface area contributed by atoms with E-state index in [2.05, 4.69) is 12.2 Å². The molecule has 0 saturated heterocycles. The monoisotopic (exact) mass is 299 g/mol. The summed E-state index contributed by atoms with van der Waals surface area (Å²) in [5.74, 6) is 0.468. The zero-order chi connectivity index (χ0) is 15.0. The zero-order valence-corrected chi connectivity index (χ0v) is 12.8. The Labute approximate surface area is 124 Å². The number of rotatable bonds is 8. The predicted octanol–water partition coefficient (Wildman–Crippen LogP) is 2.90. The topological polar surface area (TPSA) is 49.3 Å². The largest absolute Gasteiger partial charge is 0.387 e. The van der Waals surface area contributed by atoms with Crippen LogP contribution in [0.1, 0.15) is 38.4 Å². The number of nitrogens with one attached hydrogen (secondary N) is 1. The number of amides is 1. The summed E-state index contributed by atoms with van der Waals surface area (Å²) in [5, 5.41) is 12.5. The molecule has 0 bridgehead atoms. The average Bonchev–Trinajstić information content (AvgIpc) is 2.44. The maximum atomic E-state index is 13.0. The van der Waals surface area contributed by atoms with Crippen molar-refractivity contribution in [1.82, 2.24) is 5.32 Å². The number of carbonyl (C=O) groups is 1. The Balaban J connectivity index is 2.36. The van der Waals surface area contributed by atoms with Gasteiger partial charge in [0, 0.05) is 6.54 Å². The van der Waals surface area contributed by atoms with Crippen LogP contribution in [0.3, 0.4) is 0 Å². The van der Waals surface area contributed by atoms with Crippen LogP contribution in [0.25, 0.3) is 0 Å². The van der Waals surface area contributed by atoms with Gasteiger partial charge in [-0.05, 0) is 36.8 Å². The number of benzene rings is 1. The van der Waals surface area contributed by atoms with Crippen molar-refractivity contribution in [3.8, 4) is 0 Å². The van der Waals surface area contributed by atoms with E-state index in [9.17, 15) is 14.3 Å². The molecule has 0 fully saturated rings. The molecule has 5 heteroatoms. The van der Waals surface area contributed by atoms with Crippen LogP contribution in [0.2, 0.25) is 0 Å². The minimum atomic E-state index is -0.887. The number of aliphatic hydroxyl groups excluding tert-OH is 1. The van der Waals surface area contributed by atoms with Crippen LogP contribution in [-0.2, 0) is 4.79 Å². The molecule has 1 aromatic rings. The Kier molecular flexibility index (Phi) is 7.62. The molecule has 0 aliphatic rings. The molecule has 0 heterocycles. The molecule has 0 aromatic heterocycles. The molecule has 0 radical (unpaired) electrons. The Hall–Kier alpha value is -1.07. The number of unbranched alkanes of at least 4 members (excludes halogenated alkanes) is 1. The van der Waals surface area contributed by atoms with Crippen molar-refractivity contribution < 1.29 is 14.3 Å². The summed E-state index contributed by atoms with van der Waals surface area (Å²) in [5.41, 5.74) is 0.469. The van der Waals surface area contributed by atoms with Crippen molar-refractivity contribution >= 4 is 17.7 Å². The van der Waals surface area contributed by atoms with Gasteiger partial charge in [0.05, 0.1) is 11.4 Å². The van der Waals surface area contributed by atoms with Crippen LogP contribution in [0.5, 0.6) is 0 Å². The minimum Gasteiger partial charge on any atom is -0.387 e. The van der Waals surface area contributed by atoms with E-state index < -0.39 is 11.9 Å². The highest BCUT2D eigenvalue weighted by Gasteiger charge is 2.15. The second-order valence-electron chi connectivity index (χ2n) is 4.68. The number of hydrogen-bond acceptors (Lipinski definition) is 3. The molecule has 0 spiro atoms. The highest BCUT2D eigenvalue weighted by Crippen LogP contribution is 2.15. The lowest BCUT2D eigenvalue weighted by atomic mass is 10.1. The second-order valence-corrected chi connectivity index (χ2v) is 6.13. The van der Waals surface area contributed by atoms with Gasteiger partial charge in [-0.15, -0.1) is 11.8 Å². The number of aliphatic hydroxyl groups is 1. The summed E-state index contributed by atoms with van der Waals surface area (Å²) >= 11 is 1.61. The van der Waals surface area contributed by atoms with Gasteiger partial charge < -0.3 is 10.4 Å². The summed E-state index contributed by atoms with van der Waals surface area (Å²) in [7, 11) is 0. The maximum absolute atomic E-state index is 13.0. The fourth-order valence-electron chi connectivity index (χ4n) is 1.65. The van der Waals surface area contributed by atoms with E-state index in [1.807, 2.05) is 6.92 Å². The van der Waals surface area contributed by atoms with Crippen molar-refractivity contribution in [2.24, 2.45) is 0 Å². The Bertz CT molecular complexity index is 428. The molecule has 0 aliphatic carbocycles. The lowest BCUT2D eigenvalue weighted by Crippen LogP contribution is -2.34. The third kappa shape index (κ3) is 5.92. The first-order chi connectivity index (χ1) is 9.54. The first-order valence-electron chi connectivity index (χ1n) is 6.87. The lowest BCUT2D eigenvalue weighted by Gasteiger charge is -2.15. The molecular weight excluding hydrogens is 277 g/mol. The molecule has 112 valence electrons. The van der Waals surface area contributed by atoms with Crippen molar-refractivity contribution in [2.45, 2.75) is 38.0 Å². The van der Waals surface area contributed by atoms with Gasteiger partial charge in [0.25, 0.3) is 0 Å². The first-order valence-corrected chi connectivity index (χ1v) is 7.92. The Morgan fingerprint density at radius 2 is 2.25 bits per heavy atom. The summed E-state index contributed by atoms with van der Waals surface area (Å²) in [6.07, 6.45) is 1.32. The SMILES string of the molecule is CCCCSC(C)C(=O)NCC(O)c1cccc(F)c1. The number of carbonyl (C=O) groups excluding carboxylic acids is 1. The summed E-state index contributed by atoms with van der Waals surface area (Å²) in [6.45, 7) is 4.06. The summed E-state index contributed by atoms with van der Waals surface area (Å²) < 4.78 is 13.0. The van der Waals surface area contributed by atoms with Gasteiger partial charge in [0.1, 0.15) is 5.82 Å².